The maximum Gasteiger partial charge on any atom is -0.0134 e. The van der Waals surface area contributed by atoms with Gasteiger partial charge in [-0.1, -0.05) is 97.1 Å². The molecule has 0 aliphatic heterocycles. The van der Waals surface area contributed by atoms with Gasteiger partial charge in [0.2, 0.25) is 0 Å². The quantitative estimate of drug-likeness (QED) is 0.588. The first-order chi connectivity index (χ1) is 10.8. The normalized spacial score (nSPS) is 10.6. The molecule has 0 saturated heterocycles. The molecule has 0 nitrogen and oxygen atoms in total. The zero-order valence-electron chi connectivity index (χ0n) is 12.7. The minimum Gasteiger partial charge on any atom is -0.0900 e. The zero-order chi connectivity index (χ0) is 15.4. The molecular formula is C21H19P. The van der Waals surface area contributed by atoms with E-state index in [0.29, 0.717) is 0 Å². The van der Waals surface area contributed by atoms with Gasteiger partial charge in [-0.25, -0.2) is 0 Å². The van der Waals surface area contributed by atoms with E-state index in [1.54, 1.807) is 0 Å². The predicted molar refractivity (Wildman–Crippen MR) is 99.3 cm³/mol. The maximum absolute atomic E-state index is 4.44. The van der Waals surface area contributed by atoms with Gasteiger partial charge < -0.3 is 0 Å². The Morgan fingerprint density at radius 3 is 1.59 bits per heavy atom. The van der Waals surface area contributed by atoms with E-state index in [1.807, 2.05) is 0 Å². The second kappa shape index (κ2) is 6.73. The van der Waals surface area contributed by atoms with Gasteiger partial charge in [0.1, 0.15) is 0 Å². The van der Waals surface area contributed by atoms with Crippen LogP contribution >= 0.6 is 7.92 Å². The molecule has 0 aromatic heterocycles. The van der Waals surface area contributed by atoms with Crippen molar-refractivity contribution in [2.24, 2.45) is 0 Å². The Hall–Kier alpha value is -2.17. The standard InChI is InChI=1S/C21H19P/c1-17-13-15-19(16-14-17)18(2)22(20-9-5-3-6-10-20)21-11-7-4-8-12-21/h3-16H,2H2,1H3. The summed E-state index contributed by atoms with van der Waals surface area (Å²) in [6, 6.07) is 30.1. The molecule has 1 heteroatoms. The van der Waals surface area contributed by atoms with Gasteiger partial charge in [-0.15, -0.1) is 0 Å². The van der Waals surface area contributed by atoms with Gasteiger partial charge in [0.25, 0.3) is 0 Å². The van der Waals surface area contributed by atoms with Crippen molar-refractivity contribution >= 4 is 23.8 Å². The van der Waals surface area contributed by atoms with E-state index in [2.05, 4.69) is 98.4 Å². The Morgan fingerprint density at radius 2 is 1.14 bits per heavy atom. The Morgan fingerprint density at radius 1 is 0.682 bits per heavy atom. The molecule has 0 radical (unpaired) electrons. The first-order valence-corrected chi connectivity index (χ1v) is 8.76. The summed E-state index contributed by atoms with van der Waals surface area (Å²) in [5, 5.41) is 3.89. The second-order valence-corrected chi connectivity index (χ2v) is 7.56. The van der Waals surface area contributed by atoms with Crippen molar-refractivity contribution in [1.82, 2.24) is 0 Å². The van der Waals surface area contributed by atoms with Crippen molar-refractivity contribution in [3.63, 3.8) is 0 Å². The van der Waals surface area contributed by atoms with E-state index >= 15 is 0 Å². The summed E-state index contributed by atoms with van der Waals surface area (Å²) in [4.78, 5) is 0. The third-order valence-corrected chi connectivity index (χ3v) is 6.11. The first-order valence-electron chi connectivity index (χ1n) is 7.42. The number of hydrogen-bond acceptors (Lipinski definition) is 0. The van der Waals surface area contributed by atoms with Gasteiger partial charge in [-0.2, -0.15) is 0 Å². The fraction of sp³-hybridized carbons (Fsp3) is 0.0476. The number of aryl methyl sites for hydroxylation is 1. The lowest BCUT2D eigenvalue weighted by molar-refractivity contribution is 1.46. The van der Waals surface area contributed by atoms with Crippen LogP contribution in [0.4, 0.5) is 0 Å². The van der Waals surface area contributed by atoms with Crippen molar-refractivity contribution in [3.05, 3.63) is 103 Å². The molecular weight excluding hydrogens is 283 g/mol. The Kier molecular flexibility index (Phi) is 4.51. The molecule has 0 aliphatic rings. The summed E-state index contributed by atoms with van der Waals surface area (Å²) in [6.07, 6.45) is 0. The summed E-state index contributed by atoms with van der Waals surface area (Å²) in [5.41, 5.74) is 2.50. The summed E-state index contributed by atoms with van der Waals surface area (Å²) in [7, 11) is -0.592. The number of benzene rings is 3. The van der Waals surface area contributed by atoms with E-state index in [9.17, 15) is 0 Å². The van der Waals surface area contributed by atoms with Crippen LogP contribution in [0.5, 0.6) is 0 Å². The molecule has 3 rings (SSSR count). The summed E-state index contributed by atoms with van der Waals surface area (Å²) >= 11 is 0. The number of hydrogen-bond donors (Lipinski definition) is 0. The average Bonchev–Trinajstić information content (AvgIpc) is 2.57. The van der Waals surface area contributed by atoms with Gasteiger partial charge in [0, 0.05) is 0 Å². The Labute approximate surface area is 133 Å². The summed E-state index contributed by atoms with van der Waals surface area (Å²) < 4.78 is 0. The summed E-state index contributed by atoms with van der Waals surface area (Å²) in [5.74, 6) is 0. The lowest BCUT2D eigenvalue weighted by Gasteiger charge is -2.21. The van der Waals surface area contributed by atoms with Crippen molar-refractivity contribution < 1.29 is 0 Å². The third kappa shape index (κ3) is 3.18. The number of rotatable bonds is 4. The largest absolute Gasteiger partial charge is 0.0900 e. The van der Waals surface area contributed by atoms with Gasteiger partial charge in [-0.3, -0.25) is 0 Å². The van der Waals surface area contributed by atoms with E-state index in [4.69, 9.17) is 0 Å². The van der Waals surface area contributed by atoms with Crippen LogP contribution in [0, 0.1) is 6.92 Å². The van der Waals surface area contributed by atoms with Crippen LogP contribution in [0.1, 0.15) is 11.1 Å². The smallest absolute Gasteiger partial charge is 0.0134 e. The van der Waals surface area contributed by atoms with Crippen LogP contribution in [-0.4, -0.2) is 0 Å². The van der Waals surface area contributed by atoms with Crippen LogP contribution in [0.2, 0.25) is 0 Å². The minimum absolute atomic E-state index is 0.592. The molecule has 0 saturated carbocycles. The first kappa shape index (κ1) is 14.8. The highest BCUT2D eigenvalue weighted by Crippen LogP contribution is 2.47. The van der Waals surface area contributed by atoms with Crippen LogP contribution in [0.3, 0.4) is 0 Å². The van der Waals surface area contributed by atoms with E-state index in [-0.39, 0.29) is 0 Å². The van der Waals surface area contributed by atoms with Gasteiger partial charge in [0.15, 0.2) is 0 Å². The van der Waals surface area contributed by atoms with Crippen LogP contribution in [0.25, 0.3) is 5.31 Å². The molecule has 0 heterocycles. The molecule has 0 amide bonds. The van der Waals surface area contributed by atoms with Crippen LogP contribution < -0.4 is 10.6 Å². The molecule has 0 N–H and O–H groups in total. The molecule has 0 spiro atoms. The molecule has 0 fully saturated rings. The molecule has 3 aromatic carbocycles. The van der Waals surface area contributed by atoms with Gasteiger partial charge in [0.05, 0.1) is 0 Å². The molecule has 0 atom stereocenters. The molecule has 22 heavy (non-hydrogen) atoms. The fourth-order valence-electron chi connectivity index (χ4n) is 2.49. The average molecular weight is 302 g/mol. The van der Waals surface area contributed by atoms with Crippen LogP contribution in [-0.2, 0) is 0 Å². The molecule has 0 unspecified atom stereocenters. The Bertz CT molecular complexity index is 703. The van der Waals surface area contributed by atoms with Crippen molar-refractivity contribution in [1.29, 1.82) is 0 Å². The SMILES string of the molecule is C=C(c1ccc(C)cc1)P(c1ccccc1)c1ccccc1. The van der Waals surface area contributed by atoms with Crippen molar-refractivity contribution in [3.8, 4) is 0 Å². The van der Waals surface area contributed by atoms with Crippen molar-refractivity contribution in [2.45, 2.75) is 6.92 Å². The zero-order valence-corrected chi connectivity index (χ0v) is 13.6. The van der Waals surface area contributed by atoms with E-state index in [0.717, 1.165) is 0 Å². The highest BCUT2D eigenvalue weighted by Gasteiger charge is 2.18. The lowest BCUT2D eigenvalue weighted by atomic mass is 10.1. The van der Waals surface area contributed by atoms with E-state index in [1.165, 1.54) is 27.1 Å². The molecule has 108 valence electrons. The van der Waals surface area contributed by atoms with Gasteiger partial charge in [-0.05, 0) is 36.3 Å². The molecule has 0 aliphatic carbocycles. The predicted octanol–water partition coefficient (Wildman–Crippen LogP) is 5.10. The topological polar surface area (TPSA) is 0 Å². The third-order valence-electron chi connectivity index (χ3n) is 3.68. The highest BCUT2D eigenvalue weighted by atomic mass is 31.1. The molecule has 0 bridgehead atoms. The maximum atomic E-state index is 4.44. The monoisotopic (exact) mass is 302 g/mol. The molecule has 3 aromatic rings. The lowest BCUT2D eigenvalue weighted by Crippen LogP contribution is -2.12. The summed E-state index contributed by atoms with van der Waals surface area (Å²) in [6.45, 7) is 6.55. The fourth-order valence-corrected chi connectivity index (χ4v) is 4.76. The van der Waals surface area contributed by atoms with Gasteiger partial charge >= 0.3 is 0 Å². The minimum atomic E-state index is -0.592. The highest BCUT2D eigenvalue weighted by molar-refractivity contribution is 7.82. The Balaban J connectivity index is 2.06. The van der Waals surface area contributed by atoms with Crippen molar-refractivity contribution in [2.75, 3.05) is 0 Å². The van der Waals surface area contributed by atoms with Crippen LogP contribution in [0.15, 0.2) is 91.5 Å². The van der Waals surface area contributed by atoms with E-state index < -0.39 is 7.92 Å². The second-order valence-electron chi connectivity index (χ2n) is 5.32.